The number of nitrogens with one attached hydrogen (secondary N) is 2. The Balaban J connectivity index is 2.16. The van der Waals surface area contributed by atoms with E-state index in [1.54, 1.807) is 24.1 Å². The minimum Gasteiger partial charge on any atom is -0.297 e. The first-order valence-electron chi connectivity index (χ1n) is 9.09. The Bertz CT molecular complexity index is 858. The molecule has 0 radical (unpaired) electrons. The second-order valence-corrected chi connectivity index (χ2v) is 7.56. The molecule has 2 aromatic rings. The van der Waals surface area contributed by atoms with Crippen LogP contribution >= 0.6 is 23.5 Å². The van der Waals surface area contributed by atoms with Crippen molar-refractivity contribution in [3.8, 4) is 0 Å². The maximum Gasteiger partial charge on any atom is 0.279 e. The molecule has 0 saturated heterocycles. The van der Waals surface area contributed by atoms with Gasteiger partial charge < -0.3 is 0 Å². The first kappa shape index (κ1) is 23.9. The van der Waals surface area contributed by atoms with Crippen LogP contribution in [0.2, 0.25) is 5.02 Å². The van der Waals surface area contributed by atoms with Gasteiger partial charge in [0.05, 0.1) is 29.2 Å². The van der Waals surface area contributed by atoms with E-state index in [-0.39, 0.29) is 5.56 Å². The van der Waals surface area contributed by atoms with Crippen molar-refractivity contribution in [3.63, 3.8) is 0 Å². The summed E-state index contributed by atoms with van der Waals surface area (Å²) < 4.78 is 26.9. The van der Waals surface area contributed by atoms with Crippen molar-refractivity contribution in [2.75, 3.05) is 17.8 Å². The Labute approximate surface area is 184 Å². The number of carbonyl (C=O) groups is 1. The summed E-state index contributed by atoms with van der Waals surface area (Å²) in [5, 5.41) is 2.70. The molecule has 0 bridgehead atoms. The molecular formula is C20H24ClF2N5OS. The molecule has 0 fully saturated rings. The third-order valence-electron chi connectivity index (χ3n) is 4.07. The van der Waals surface area contributed by atoms with Gasteiger partial charge in [0.2, 0.25) is 0 Å². The van der Waals surface area contributed by atoms with Crippen LogP contribution in [0, 0.1) is 6.92 Å². The van der Waals surface area contributed by atoms with Gasteiger partial charge in [-0.05, 0) is 56.0 Å². The van der Waals surface area contributed by atoms with Crippen LogP contribution in [-0.2, 0) is 6.54 Å². The van der Waals surface area contributed by atoms with Crippen molar-refractivity contribution in [2.24, 2.45) is 0 Å². The zero-order chi connectivity index (χ0) is 22.3. The number of amides is 1. The Morgan fingerprint density at radius 2 is 2.03 bits per heavy atom. The fraction of sp³-hybridized carbons (Fsp3) is 0.300. The Morgan fingerprint density at radius 1 is 1.30 bits per heavy atom. The van der Waals surface area contributed by atoms with E-state index in [9.17, 15) is 13.6 Å². The summed E-state index contributed by atoms with van der Waals surface area (Å²) >= 11 is 7.81. The summed E-state index contributed by atoms with van der Waals surface area (Å²) in [6.07, 6.45) is 0.605. The van der Waals surface area contributed by atoms with Gasteiger partial charge in [-0.15, -0.1) is 0 Å². The first-order chi connectivity index (χ1) is 14.2. The average molecular weight is 456 g/mol. The van der Waals surface area contributed by atoms with Crippen LogP contribution in [-0.4, -0.2) is 34.5 Å². The summed E-state index contributed by atoms with van der Waals surface area (Å²) in [6.45, 7) is 8.36. The maximum absolute atomic E-state index is 12.4. The average Bonchev–Trinajstić information content (AvgIpc) is 2.71. The van der Waals surface area contributed by atoms with E-state index in [4.69, 9.17) is 11.6 Å². The topological polar surface area (TPSA) is 60.5 Å². The van der Waals surface area contributed by atoms with Crippen molar-refractivity contribution in [2.45, 2.75) is 26.8 Å². The fourth-order valence-corrected chi connectivity index (χ4v) is 3.52. The maximum atomic E-state index is 12.4. The molecule has 0 unspecified atom stereocenters. The van der Waals surface area contributed by atoms with Gasteiger partial charge in [0, 0.05) is 17.8 Å². The number of allylic oxidation sites excluding steroid dienone is 1. The summed E-state index contributed by atoms with van der Waals surface area (Å²) in [4.78, 5) is 16.4. The molecule has 30 heavy (non-hydrogen) atoms. The second-order valence-electron chi connectivity index (χ2n) is 6.34. The van der Waals surface area contributed by atoms with E-state index in [1.165, 1.54) is 6.20 Å². The lowest BCUT2D eigenvalue weighted by Crippen LogP contribution is -2.38. The molecule has 0 atom stereocenters. The van der Waals surface area contributed by atoms with Gasteiger partial charge >= 0.3 is 0 Å². The quantitative estimate of drug-likeness (QED) is 0.404. The SMILES string of the molecule is C=C(NNC(=O)c1ccc(CN(c2cc(C)cc(Cl)c2)N(CC)SC)nc1)C(F)F. The predicted octanol–water partition coefficient (Wildman–Crippen LogP) is 4.58. The highest BCUT2D eigenvalue weighted by molar-refractivity contribution is 7.96. The van der Waals surface area contributed by atoms with E-state index in [2.05, 4.69) is 31.8 Å². The molecule has 2 N–H and O–H groups in total. The second kappa shape index (κ2) is 11.1. The van der Waals surface area contributed by atoms with Crippen LogP contribution in [0.1, 0.15) is 28.5 Å². The van der Waals surface area contributed by atoms with Crippen LogP contribution in [0.3, 0.4) is 0 Å². The van der Waals surface area contributed by atoms with Gasteiger partial charge in [0.1, 0.15) is 0 Å². The molecule has 1 aromatic heterocycles. The van der Waals surface area contributed by atoms with Crippen molar-refractivity contribution in [3.05, 3.63) is 70.6 Å². The smallest absolute Gasteiger partial charge is 0.279 e. The molecule has 1 heterocycles. The molecule has 0 aliphatic carbocycles. The highest BCUT2D eigenvalue weighted by Crippen LogP contribution is 2.27. The molecular weight excluding hydrogens is 432 g/mol. The number of rotatable bonds is 10. The molecule has 6 nitrogen and oxygen atoms in total. The van der Waals surface area contributed by atoms with Crippen molar-refractivity contribution in [1.29, 1.82) is 0 Å². The fourth-order valence-electron chi connectivity index (χ4n) is 2.63. The predicted molar refractivity (Wildman–Crippen MR) is 118 cm³/mol. The number of hydrogen-bond acceptors (Lipinski definition) is 6. The van der Waals surface area contributed by atoms with Crippen molar-refractivity contribution >= 4 is 35.1 Å². The van der Waals surface area contributed by atoms with Crippen LogP contribution in [0.25, 0.3) is 0 Å². The van der Waals surface area contributed by atoms with Gasteiger partial charge in [-0.3, -0.25) is 25.6 Å². The number of aryl methyl sites for hydroxylation is 1. The number of benzene rings is 1. The highest BCUT2D eigenvalue weighted by Gasteiger charge is 2.17. The third-order valence-corrected chi connectivity index (χ3v) is 5.17. The minimum atomic E-state index is -2.77. The summed E-state index contributed by atoms with van der Waals surface area (Å²) in [5.74, 6) is -0.586. The van der Waals surface area contributed by atoms with Crippen molar-refractivity contribution in [1.82, 2.24) is 20.2 Å². The number of halogens is 3. The molecule has 10 heteroatoms. The van der Waals surface area contributed by atoms with E-state index >= 15 is 0 Å². The number of alkyl halides is 2. The van der Waals surface area contributed by atoms with Crippen LogP contribution < -0.4 is 15.9 Å². The van der Waals surface area contributed by atoms with Gasteiger partial charge in [-0.2, -0.15) is 4.41 Å². The number of hydrazine groups is 2. The van der Waals surface area contributed by atoms with E-state index in [1.807, 2.05) is 38.3 Å². The van der Waals surface area contributed by atoms with Gasteiger partial charge in [0.25, 0.3) is 12.3 Å². The lowest BCUT2D eigenvalue weighted by molar-refractivity contribution is 0.0928. The lowest BCUT2D eigenvalue weighted by atomic mass is 10.2. The number of nitrogens with zero attached hydrogens (tertiary/aromatic N) is 3. The number of hydrogen-bond donors (Lipinski definition) is 2. The molecule has 1 amide bonds. The number of carbonyl (C=O) groups excluding carboxylic acids is 1. The van der Waals surface area contributed by atoms with Crippen LogP contribution in [0.4, 0.5) is 14.5 Å². The molecule has 1 aromatic carbocycles. The summed E-state index contributed by atoms with van der Waals surface area (Å²) in [7, 11) is 0. The lowest BCUT2D eigenvalue weighted by Gasteiger charge is -2.34. The number of pyridine rings is 1. The summed E-state index contributed by atoms with van der Waals surface area (Å²) in [6, 6.07) is 9.11. The molecule has 2 rings (SSSR count). The highest BCUT2D eigenvalue weighted by atomic mass is 35.5. The number of anilines is 1. The standard InChI is InChI=1S/C20H24ClF2N5OS/c1-5-28(30-4)27(18-9-13(2)8-16(21)10-18)12-17-7-6-15(11-24-17)20(29)26-25-14(3)19(22)23/h6-11,19,25H,3,5,12H2,1-2,4H3,(H,26,29). The normalized spacial score (nSPS) is 10.9. The first-order valence-corrected chi connectivity index (χ1v) is 10.7. The molecule has 162 valence electrons. The molecule has 0 aliphatic heterocycles. The van der Waals surface area contributed by atoms with E-state index in [0.29, 0.717) is 11.6 Å². The zero-order valence-electron chi connectivity index (χ0n) is 17.0. The molecule has 0 aliphatic rings. The van der Waals surface area contributed by atoms with Gasteiger partial charge in [0.15, 0.2) is 0 Å². The van der Waals surface area contributed by atoms with Gasteiger partial charge in [-0.1, -0.05) is 30.1 Å². The molecule has 0 saturated carbocycles. The summed E-state index contributed by atoms with van der Waals surface area (Å²) in [5.41, 5.74) is 6.59. The zero-order valence-corrected chi connectivity index (χ0v) is 18.5. The van der Waals surface area contributed by atoms with E-state index < -0.39 is 18.0 Å². The van der Waals surface area contributed by atoms with Crippen LogP contribution in [0.15, 0.2) is 48.8 Å². The Hall–Kier alpha value is -2.36. The van der Waals surface area contributed by atoms with Crippen molar-refractivity contribution < 1.29 is 13.6 Å². The third kappa shape index (κ3) is 6.58. The minimum absolute atomic E-state index is 0.232. The Kier molecular flexibility index (Phi) is 8.88. The van der Waals surface area contributed by atoms with Crippen LogP contribution in [0.5, 0.6) is 0 Å². The molecule has 0 spiro atoms. The van der Waals surface area contributed by atoms with E-state index in [0.717, 1.165) is 23.5 Å². The monoisotopic (exact) mass is 455 g/mol. The largest absolute Gasteiger partial charge is 0.297 e. The number of aromatic nitrogens is 1. The Morgan fingerprint density at radius 3 is 2.57 bits per heavy atom. The van der Waals surface area contributed by atoms with Gasteiger partial charge in [-0.25, -0.2) is 8.78 Å².